The number of hydrogen-bond acceptors (Lipinski definition) is 3. The van der Waals surface area contributed by atoms with Crippen molar-refractivity contribution in [1.29, 1.82) is 0 Å². The van der Waals surface area contributed by atoms with Crippen LogP contribution in [0.25, 0.3) is 0 Å². The molecule has 1 aromatic rings. The van der Waals surface area contributed by atoms with E-state index >= 15 is 0 Å². The molecule has 0 amide bonds. The van der Waals surface area contributed by atoms with Crippen LogP contribution in [-0.2, 0) is 5.41 Å². The first-order valence-corrected chi connectivity index (χ1v) is 4.21. The summed E-state index contributed by atoms with van der Waals surface area (Å²) >= 11 is 0. The second kappa shape index (κ2) is 2.19. The molecule has 0 spiro atoms. The second-order valence-corrected chi connectivity index (χ2v) is 3.82. The van der Waals surface area contributed by atoms with Crippen LogP contribution in [0.1, 0.15) is 31.2 Å². The van der Waals surface area contributed by atoms with Gasteiger partial charge >= 0.3 is 0 Å². The van der Waals surface area contributed by atoms with Gasteiger partial charge in [-0.15, -0.1) is 0 Å². The molecule has 1 aromatic heterocycles. The Kier molecular flexibility index (Phi) is 1.37. The number of aromatic nitrogens is 2. The summed E-state index contributed by atoms with van der Waals surface area (Å²) in [7, 11) is 0. The minimum atomic E-state index is 0.224. The van der Waals surface area contributed by atoms with Gasteiger partial charge in [-0.05, 0) is 19.8 Å². The lowest BCUT2D eigenvalue weighted by Gasteiger charge is -2.07. The summed E-state index contributed by atoms with van der Waals surface area (Å²) in [6.07, 6.45) is 4.19. The molecule has 64 valence electrons. The van der Waals surface area contributed by atoms with Gasteiger partial charge in [0, 0.05) is 17.2 Å². The van der Waals surface area contributed by atoms with E-state index in [1.807, 2.05) is 6.92 Å². The largest absolute Gasteiger partial charge is 0.383 e. The summed E-state index contributed by atoms with van der Waals surface area (Å²) in [6.45, 7) is 4.10. The Morgan fingerprint density at radius 3 is 2.67 bits per heavy atom. The minimum Gasteiger partial charge on any atom is -0.383 e. The smallest absolute Gasteiger partial charge is 0.136 e. The highest BCUT2D eigenvalue weighted by Gasteiger charge is 2.42. The molecule has 0 aromatic carbocycles. The van der Waals surface area contributed by atoms with Gasteiger partial charge in [0.15, 0.2) is 0 Å². The number of nitrogens with two attached hydrogens (primary N) is 1. The molecule has 1 aliphatic carbocycles. The highest BCUT2D eigenvalue weighted by atomic mass is 15.0. The first-order valence-electron chi connectivity index (χ1n) is 4.21. The van der Waals surface area contributed by atoms with E-state index in [1.54, 1.807) is 6.20 Å². The average molecular weight is 163 g/mol. The highest BCUT2D eigenvalue weighted by Crippen LogP contribution is 2.45. The monoisotopic (exact) mass is 163 g/mol. The zero-order valence-corrected chi connectivity index (χ0v) is 7.46. The molecule has 2 N–H and O–H groups in total. The van der Waals surface area contributed by atoms with Gasteiger partial charge < -0.3 is 5.73 Å². The Morgan fingerprint density at radius 1 is 1.50 bits per heavy atom. The topological polar surface area (TPSA) is 51.8 Å². The van der Waals surface area contributed by atoms with Crippen molar-refractivity contribution < 1.29 is 0 Å². The molecule has 2 rings (SSSR count). The molecule has 1 saturated carbocycles. The van der Waals surface area contributed by atoms with Crippen LogP contribution < -0.4 is 5.73 Å². The van der Waals surface area contributed by atoms with Gasteiger partial charge in [-0.2, -0.15) is 0 Å². The van der Waals surface area contributed by atoms with E-state index < -0.39 is 0 Å². The van der Waals surface area contributed by atoms with Crippen molar-refractivity contribution in [2.45, 2.75) is 32.1 Å². The van der Waals surface area contributed by atoms with Gasteiger partial charge in [0.25, 0.3) is 0 Å². The van der Waals surface area contributed by atoms with E-state index in [9.17, 15) is 0 Å². The third-order valence-corrected chi connectivity index (χ3v) is 2.55. The number of nitrogen functional groups attached to an aromatic ring is 1. The Hall–Kier alpha value is -1.12. The van der Waals surface area contributed by atoms with Crippen LogP contribution in [0.15, 0.2) is 6.20 Å². The summed E-state index contributed by atoms with van der Waals surface area (Å²) in [6, 6.07) is 0. The van der Waals surface area contributed by atoms with E-state index in [-0.39, 0.29) is 5.41 Å². The Labute approximate surface area is 72.0 Å². The van der Waals surface area contributed by atoms with Crippen LogP contribution in [0.3, 0.4) is 0 Å². The number of aryl methyl sites for hydroxylation is 1. The second-order valence-electron chi connectivity index (χ2n) is 3.82. The zero-order valence-electron chi connectivity index (χ0n) is 7.46. The lowest BCUT2D eigenvalue weighted by atomic mass is 10.1. The summed E-state index contributed by atoms with van der Waals surface area (Å²) in [5.41, 5.74) is 6.88. The van der Waals surface area contributed by atoms with E-state index in [1.165, 1.54) is 12.8 Å². The van der Waals surface area contributed by atoms with Crippen molar-refractivity contribution in [3.05, 3.63) is 17.6 Å². The van der Waals surface area contributed by atoms with Crippen molar-refractivity contribution in [2.24, 2.45) is 0 Å². The van der Waals surface area contributed by atoms with Gasteiger partial charge in [-0.25, -0.2) is 9.97 Å². The van der Waals surface area contributed by atoms with Crippen molar-refractivity contribution in [3.8, 4) is 0 Å². The summed E-state index contributed by atoms with van der Waals surface area (Å²) in [5, 5.41) is 0. The molecule has 0 saturated heterocycles. The summed E-state index contributed by atoms with van der Waals surface area (Å²) in [5.74, 6) is 1.53. The third kappa shape index (κ3) is 1.05. The molecule has 0 bridgehead atoms. The van der Waals surface area contributed by atoms with E-state index in [0.29, 0.717) is 5.82 Å². The predicted molar refractivity (Wildman–Crippen MR) is 47.8 cm³/mol. The number of hydrogen-bond donors (Lipinski definition) is 1. The number of anilines is 1. The minimum absolute atomic E-state index is 0.224. The van der Waals surface area contributed by atoms with Gasteiger partial charge in [0.05, 0.1) is 0 Å². The fourth-order valence-electron chi connectivity index (χ4n) is 1.16. The molecule has 12 heavy (non-hydrogen) atoms. The fourth-order valence-corrected chi connectivity index (χ4v) is 1.16. The lowest BCUT2D eigenvalue weighted by molar-refractivity contribution is 0.709. The maximum atomic E-state index is 5.69. The van der Waals surface area contributed by atoms with Crippen LogP contribution in [-0.4, -0.2) is 9.97 Å². The van der Waals surface area contributed by atoms with Crippen molar-refractivity contribution in [3.63, 3.8) is 0 Å². The molecule has 0 unspecified atom stereocenters. The van der Waals surface area contributed by atoms with Gasteiger partial charge in [0.1, 0.15) is 11.6 Å². The number of nitrogens with zero attached hydrogens (tertiary/aromatic N) is 2. The maximum absolute atomic E-state index is 5.69. The maximum Gasteiger partial charge on any atom is 0.136 e. The fraction of sp³-hybridized carbons (Fsp3) is 0.556. The van der Waals surface area contributed by atoms with Gasteiger partial charge in [0.2, 0.25) is 0 Å². The molecule has 3 nitrogen and oxygen atoms in total. The first-order chi connectivity index (χ1) is 5.62. The number of rotatable bonds is 1. The molecule has 3 heteroatoms. The average Bonchev–Trinajstić information content (AvgIpc) is 2.75. The molecule has 1 fully saturated rings. The molecule has 1 aliphatic rings. The zero-order chi connectivity index (χ0) is 8.77. The van der Waals surface area contributed by atoms with E-state index in [4.69, 9.17) is 5.73 Å². The van der Waals surface area contributed by atoms with Crippen molar-refractivity contribution >= 4 is 5.82 Å². The van der Waals surface area contributed by atoms with Crippen molar-refractivity contribution in [2.75, 3.05) is 5.73 Å². The van der Waals surface area contributed by atoms with Crippen LogP contribution in [0.4, 0.5) is 5.82 Å². The van der Waals surface area contributed by atoms with Crippen molar-refractivity contribution in [1.82, 2.24) is 9.97 Å². The lowest BCUT2D eigenvalue weighted by Crippen LogP contribution is -2.09. The summed E-state index contributed by atoms with van der Waals surface area (Å²) < 4.78 is 0. The van der Waals surface area contributed by atoms with E-state index in [0.717, 1.165) is 11.4 Å². The first kappa shape index (κ1) is 7.53. The molecule has 1 heterocycles. The van der Waals surface area contributed by atoms with Crippen LogP contribution >= 0.6 is 0 Å². The Balaban J connectivity index is 2.41. The summed E-state index contributed by atoms with van der Waals surface area (Å²) in [4.78, 5) is 8.55. The molecular formula is C9H13N3. The quantitative estimate of drug-likeness (QED) is 0.681. The SMILES string of the molecule is Cc1cnc(C2(C)CC2)nc1N. The predicted octanol–water partition coefficient (Wildman–Crippen LogP) is 1.42. The Morgan fingerprint density at radius 2 is 2.17 bits per heavy atom. The normalized spacial score (nSPS) is 19.2. The molecule has 0 radical (unpaired) electrons. The van der Waals surface area contributed by atoms with Crippen LogP contribution in [0, 0.1) is 6.92 Å². The van der Waals surface area contributed by atoms with E-state index in [2.05, 4.69) is 16.9 Å². The van der Waals surface area contributed by atoms with Gasteiger partial charge in [-0.1, -0.05) is 6.92 Å². The standard InChI is InChI=1S/C9H13N3/c1-6-5-11-8(12-7(6)10)9(2)3-4-9/h5H,3-4H2,1-2H3,(H2,10,11,12). The highest BCUT2D eigenvalue weighted by molar-refractivity contribution is 5.37. The van der Waals surface area contributed by atoms with Gasteiger partial charge in [-0.3, -0.25) is 0 Å². The molecular weight excluding hydrogens is 150 g/mol. The van der Waals surface area contributed by atoms with Crippen LogP contribution in [0.5, 0.6) is 0 Å². The molecule has 0 aliphatic heterocycles. The Bertz CT molecular complexity index is 316. The molecule has 0 atom stereocenters. The third-order valence-electron chi connectivity index (χ3n) is 2.55. The van der Waals surface area contributed by atoms with Crippen LogP contribution in [0.2, 0.25) is 0 Å².